The van der Waals surface area contributed by atoms with Crippen molar-refractivity contribution in [3.63, 3.8) is 0 Å². The molecule has 0 saturated heterocycles. The van der Waals surface area contributed by atoms with Crippen LogP contribution < -0.4 is 21.3 Å². The lowest BCUT2D eigenvalue weighted by Gasteiger charge is -2.08. The van der Waals surface area contributed by atoms with Gasteiger partial charge in [0.25, 0.3) is 0 Å². The van der Waals surface area contributed by atoms with Crippen molar-refractivity contribution < 1.29 is 0 Å². The van der Waals surface area contributed by atoms with Gasteiger partial charge in [0.15, 0.2) is 12.4 Å². The molecule has 172 valence electrons. The van der Waals surface area contributed by atoms with Crippen LogP contribution >= 0.6 is 0 Å². The summed E-state index contributed by atoms with van der Waals surface area (Å²) in [5, 5.41) is 29.0. The third kappa shape index (κ3) is 11.7. The van der Waals surface area contributed by atoms with Crippen LogP contribution in [0.2, 0.25) is 0 Å². The van der Waals surface area contributed by atoms with Gasteiger partial charge >= 0.3 is 0 Å². The zero-order valence-electron chi connectivity index (χ0n) is 18.7. The number of unbranched alkanes of at least 4 members (excludes halogenated alkanes) is 6. The Bertz CT molecular complexity index is 852. The van der Waals surface area contributed by atoms with Crippen molar-refractivity contribution in [3.05, 3.63) is 49.1 Å². The SMILES string of the molecule is N#CNC(=NCCCCCCCCCN=C(NC#N)Nc1ccncc1)Nc1ccncc1. The zero-order chi connectivity index (χ0) is 23.4. The maximum Gasteiger partial charge on any atom is 0.209 e. The zero-order valence-corrected chi connectivity index (χ0v) is 18.7. The van der Waals surface area contributed by atoms with Crippen LogP contribution in [0.1, 0.15) is 44.9 Å². The standard InChI is InChI=1S/C23H30N10/c24-18-30-22(32-20-8-14-26-15-9-20)28-12-6-4-2-1-3-5-7-13-29-23(31-19-25)33-21-10-16-27-17-11-21/h8-11,14-17H,1-7,12-13H2,(H2,26,28,30,32)(H2,27,29,31,33). The van der Waals surface area contributed by atoms with Gasteiger partial charge in [0, 0.05) is 49.3 Å². The molecular weight excluding hydrogens is 416 g/mol. The molecule has 0 aliphatic rings. The molecular formula is C23H30N10. The molecule has 2 rings (SSSR count). The summed E-state index contributed by atoms with van der Waals surface area (Å²) >= 11 is 0. The Morgan fingerprint density at radius 3 is 1.36 bits per heavy atom. The fraction of sp³-hybridized carbons (Fsp3) is 0.391. The molecule has 0 saturated carbocycles. The van der Waals surface area contributed by atoms with E-state index in [1.807, 2.05) is 36.7 Å². The molecule has 0 aliphatic heterocycles. The van der Waals surface area contributed by atoms with E-state index in [0.717, 1.165) is 49.9 Å². The Morgan fingerprint density at radius 2 is 1.00 bits per heavy atom. The lowest BCUT2D eigenvalue weighted by molar-refractivity contribution is 0.585. The normalized spacial score (nSPS) is 11.2. The van der Waals surface area contributed by atoms with Gasteiger partial charge in [-0.15, -0.1) is 0 Å². The first-order valence-corrected chi connectivity index (χ1v) is 11.0. The third-order valence-corrected chi connectivity index (χ3v) is 4.59. The van der Waals surface area contributed by atoms with E-state index in [-0.39, 0.29) is 0 Å². The lowest BCUT2D eigenvalue weighted by atomic mass is 10.1. The molecule has 2 aromatic heterocycles. The quantitative estimate of drug-likeness (QED) is 0.127. The van der Waals surface area contributed by atoms with E-state index in [1.54, 1.807) is 24.8 Å². The number of nitrogens with zero attached hydrogens (tertiary/aromatic N) is 6. The van der Waals surface area contributed by atoms with Crippen LogP contribution in [0.5, 0.6) is 0 Å². The molecule has 10 nitrogen and oxygen atoms in total. The maximum absolute atomic E-state index is 8.87. The number of nitrogens with one attached hydrogen (secondary N) is 4. The number of hydrogen-bond acceptors (Lipinski definition) is 6. The van der Waals surface area contributed by atoms with Crippen molar-refractivity contribution in [3.8, 4) is 12.4 Å². The maximum atomic E-state index is 8.87. The number of nitriles is 2. The number of rotatable bonds is 12. The van der Waals surface area contributed by atoms with Gasteiger partial charge in [-0.25, -0.2) is 0 Å². The van der Waals surface area contributed by atoms with Gasteiger partial charge in [-0.05, 0) is 37.1 Å². The van der Waals surface area contributed by atoms with Crippen molar-refractivity contribution in [2.75, 3.05) is 23.7 Å². The summed E-state index contributed by atoms with van der Waals surface area (Å²) in [6.07, 6.45) is 18.2. The highest BCUT2D eigenvalue weighted by Gasteiger charge is 2.00. The summed E-state index contributed by atoms with van der Waals surface area (Å²) in [5.41, 5.74) is 1.67. The van der Waals surface area contributed by atoms with Gasteiger partial charge in [0.05, 0.1) is 0 Å². The Morgan fingerprint density at radius 1 is 0.636 bits per heavy atom. The van der Waals surface area contributed by atoms with Crippen LogP contribution in [0.4, 0.5) is 11.4 Å². The highest BCUT2D eigenvalue weighted by molar-refractivity contribution is 5.95. The minimum atomic E-state index is 0.452. The average molecular weight is 447 g/mol. The van der Waals surface area contributed by atoms with Gasteiger partial charge < -0.3 is 10.6 Å². The topological polar surface area (TPSA) is 146 Å². The number of pyridine rings is 2. The Kier molecular flexibility index (Phi) is 12.5. The van der Waals surface area contributed by atoms with Gasteiger partial charge in [0.2, 0.25) is 11.9 Å². The fourth-order valence-electron chi connectivity index (χ4n) is 2.96. The predicted octanol–water partition coefficient (Wildman–Crippen LogP) is 3.58. The second kappa shape index (κ2) is 16.5. The molecule has 2 aromatic rings. The lowest BCUT2D eigenvalue weighted by Crippen LogP contribution is -2.27. The third-order valence-electron chi connectivity index (χ3n) is 4.59. The summed E-state index contributed by atoms with van der Waals surface area (Å²) in [6, 6.07) is 7.27. The molecule has 0 aliphatic carbocycles. The number of aliphatic imine (C=N–C) groups is 2. The Labute approximate surface area is 194 Å². The van der Waals surface area contributed by atoms with E-state index >= 15 is 0 Å². The fourth-order valence-corrected chi connectivity index (χ4v) is 2.96. The molecule has 0 amide bonds. The van der Waals surface area contributed by atoms with Gasteiger partial charge in [-0.2, -0.15) is 10.5 Å². The summed E-state index contributed by atoms with van der Waals surface area (Å²) in [4.78, 5) is 16.8. The average Bonchev–Trinajstić information content (AvgIpc) is 2.84. The molecule has 0 radical (unpaired) electrons. The predicted molar refractivity (Wildman–Crippen MR) is 130 cm³/mol. The van der Waals surface area contributed by atoms with Gasteiger partial charge in [-0.3, -0.25) is 30.6 Å². The smallest absolute Gasteiger partial charge is 0.209 e. The Hall–Kier alpha value is -4.18. The highest BCUT2D eigenvalue weighted by atomic mass is 15.2. The van der Waals surface area contributed by atoms with E-state index in [1.165, 1.54) is 6.42 Å². The molecule has 0 aromatic carbocycles. The Balaban J connectivity index is 1.54. The molecule has 0 bridgehead atoms. The molecule has 33 heavy (non-hydrogen) atoms. The number of guanidine groups is 2. The summed E-state index contributed by atoms with van der Waals surface area (Å²) in [7, 11) is 0. The minimum absolute atomic E-state index is 0.452. The first kappa shape index (κ1) is 25.1. The number of hydrogen-bond donors (Lipinski definition) is 4. The van der Waals surface area contributed by atoms with Crippen molar-refractivity contribution >= 4 is 23.3 Å². The summed E-state index contributed by atoms with van der Waals surface area (Å²) < 4.78 is 0. The van der Waals surface area contributed by atoms with E-state index in [2.05, 4.69) is 41.2 Å². The van der Waals surface area contributed by atoms with Gasteiger partial charge in [0.1, 0.15) is 0 Å². The molecule has 2 heterocycles. The van der Waals surface area contributed by atoms with Crippen molar-refractivity contribution in [1.29, 1.82) is 10.5 Å². The van der Waals surface area contributed by atoms with Crippen molar-refractivity contribution in [2.24, 2.45) is 9.98 Å². The van der Waals surface area contributed by atoms with Crippen LogP contribution in [0, 0.1) is 22.9 Å². The van der Waals surface area contributed by atoms with E-state index in [4.69, 9.17) is 10.5 Å². The second-order valence-electron chi connectivity index (χ2n) is 7.13. The molecule has 0 fully saturated rings. The monoisotopic (exact) mass is 446 g/mol. The second-order valence-corrected chi connectivity index (χ2v) is 7.13. The number of aromatic nitrogens is 2. The van der Waals surface area contributed by atoms with E-state index in [9.17, 15) is 0 Å². The first-order chi connectivity index (χ1) is 16.3. The first-order valence-electron chi connectivity index (χ1n) is 11.0. The van der Waals surface area contributed by atoms with Crippen LogP contribution in [0.25, 0.3) is 0 Å². The number of anilines is 2. The molecule has 0 unspecified atom stereocenters. The largest absolute Gasteiger partial charge is 0.325 e. The van der Waals surface area contributed by atoms with Crippen LogP contribution in [0.15, 0.2) is 59.0 Å². The van der Waals surface area contributed by atoms with Gasteiger partial charge in [-0.1, -0.05) is 32.1 Å². The summed E-state index contributed by atoms with van der Waals surface area (Å²) in [6.45, 7) is 1.33. The van der Waals surface area contributed by atoms with Crippen LogP contribution in [-0.4, -0.2) is 35.0 Å². The summed E-state index contributed by atoms with van der Waals surface area (Å²) in [5.74, 6) is 0.904. The van der Waals surface area contributed by atoms with Crippen LogP contribution in [-0.2, 0) is 0 Å². The van der Waals surface area contributed by atoms with E-state index in [0.29, 0.717) is 25.0 Å². The van der Waals surface area contributed by atoms with Crippen LogP contribution in [0.3, 0.4) is 0 Å². The minimum Gasteiger partial charge on any atom is -0.325 e. The van der Waals surface area contributed by atoms with E-state index < -0.39 is 0 Å². The molecule has 0 spiro atoms. The molecule has 10 heteroatoms. The molecule has 0 atom stereocenters. The van der Waals surface area contributed by atoms with Crippen molar-refractivity contribution in [2.45, 2.75) is 44.9 Å². The molecule has 4 N–H and O–H groups in total. The highest BCUT2D eigenvalue weighted by Crippen LogP contribution is 2.08. The van der Waals surface area contributed by atoms with Crippen molar-refractivity contribution in [1.82, 2.24) is 20.6 Å².